The van der Waals surface area contributed by atoms with Gasteiger partial charge in [0.2, 0.25) is 0 Å². The molecule has 2 aromatic heterocycles. The molecule has 51 heavy (non-hydrogen) atoms. The van der Waals surface area contributed by atoms with Crippen LogP contribution in [0.5, 0.6) is 0 Å². The summed E-state index contributed by atoms with van der Waals surface area (Å²) in [7, 11) is 0. The molecule has 8 aromatic carbocycles. The zero-order valence-corrected chi connectivity index (χ0v) is 27.6. The van der Waals surface area contributed by atoms with Gasteiger partial charge in [0.25, 0.3) is 0 Å². The smallest absolute Gasteiger partial charge is 0.160 e. The van der Waals surface area contributed by atoms with Gasteiger partial charge in [-0.05, 0) is 63.0 Å². The third-order valence-corrected chi connectivity index (χ3v) is 9.91. The van der Waals surface area contributed by atoms with Crippen LogP contribution in [-0.4, -0.2) is 9.97 Å². The molecular formula is C48H30N2O. The lowest BCUT2D eigenvalue weighted by Crippen LogP contribution is -1.96. The summed E-state index contributed by atoms with van der Waals surface area (Å²) >= 11 is 0. The molecule has 0 saturated carbocycles. The van der Waals surface area contributed by atoms with Crippen LogP contribution in [0.2, 0.25) is 0 Å². The Kier molecular flexibility index (Phi) is 6.81. The number of para-hydroxylation sites is 2. The average Bonchev–Trinajstić information content (AvgIpc) is 3.60. The number of aromatic nitrogens is 2. The van der Waals surface area contributed by atoms with E-state index in [1.807, 2.05) is 18.2 Å². The second kappa shape index (κ2) is 11.9. The van der Waals surface area contributed by atoms with Crippen LogP contribution in [-0.2, 0) is 0 Å². The van der Waals surface area contributed by atoms with Crippen LogP contribution in [0, 0.1) is 0 Å². The maximum atomic E-state index is 6.48. The van der Waals surface area contributed by atoms with Gasteiger partial charge in [-0.3, -0.25) is 0 Å². The lowest BCUT2D eigenvalue weighted by Gasteiger charge is -2.14. The van der Waals surface area contributed by atoms with E-state index in [-0.39, 0.29) is 0 Å². The predicted molar refractivity (Wildman–Crippen MR) is 212 cm³/mol. The average molecular weight is 651 g/mol. The molecule has 0 fully saturated rings. The Hall–Kier alpha value is -6.84. The molecule has 10 aromatic rings. The number of furan rings is 1. The van der Waals surface area contributed by atoms with Gasteiger partial charge in [-0.15, -0.1) is 0 Å². The first-order valence-corrected chi connectivity index (χ1v) is 17.2. The Balaban J connectivity index is 1.10. The van der Waals surface area contributed by atoms with Gasteiger partial charge >= 0.3 is 0 Å². The maximum Gasteiger partial charge on any atom is 0.160 e. The minimum atomic E-state index is 0.700. The normalized spacial score (nSPS) is 11.5. The summed E-state index contributed by atoms with van der Waals surface area (Å²) in [6, 6.07) is 63.8. The highest BCUT2D eigenvalue weighted by molar-refractivity contribution is 6.19. The van der Waals surface area contributed by atoms with Crippen LogP contribution < -0.4 is 0 Å². The minimum Gasteiger partial charge on any atom is -0.455 e. The van der Waals surface area contributed by atoms with Crippen molar-refractivity contribution in [3.8, 4) is 56.0 Å². The Morgan fingerprint density at radius 2 is 1.02 bits per heavy atom. The Morgan fingerprint density at radius 3 is 1.82 bits per heavy atom. The van der Waals surface area contributed by atoms with Crippen molar-refractivity contribution < 1.29 is 4.42 Å². The Labute approximate surface area is 295 Å². The summed E-state index contributed by atoms with van der Waals surface area (Å²) in [4.78, 5) is 10.4. The molecule has 0 aliphatic carbocycles. The van der Waals surface area contributed by atoms with E-state index in [1.165, 1.54) is 11.1 Å². The van der Waals surface area contributed by atoms with Crippen molar-refractivity contribution in [3.63, 3.8) is 0 Å². The van der Waals surface area contributed by atoms with E-state index in [0.29, 0.717) is 5.82 Å². The molecule has 0 unspecified atom stereocenters. The molecule has 0 aliphatic heterocycles. The second-order valence-electron chi connectivity index (χ2n) is 12.9. The van der Waals surface area contributed by atoms with Crippen molar-refractivity contribution in [2.24, 2.45) is 0 Å². The standard InChI is InChI=1S/C48H30N2O/c1-3-12-31(13-4-1)37-28-27-36(30-42(37)32-14-5-2-6-15-32)48-49-43-20-9-7-18-41(43)46(50-48)35-24-22-33(23-25-35)38-19-11-16-34-26-29-40-39-17-8-10-21-44(39)51-47(40)45(34)38/h1-30H. The third-order valence-electron chi connectivity index (χ3n) is 9.91. The predicted octanol–water partition coefficient (Wildman–Crippen LogP) is 13.0. The van der Waals surface area contributed by atoms with Gasteiger partial charge in [0.05, 0.1) is 11.2 Å². The Bertz CT molecular complexity index is 2890. The quantitative estimate of drug-likeness (QED) is 0.186. The minimum absolute atomic E-state index is 0.700. The van der Waals surface area contributed by atoms with Crippen LogP contribution >= 0.6 is 0 Å². The summed E-state index contributed by atoms with van der Waals surface area (Å²) in [6.07, 6.45) is 0. The number of hydrogen-bond acceptors (Lipinski definition) is 3. The van der Waals surface area contributed by atoms with Crippen molar-refractivity contribution >= 4 is 43.6 Å². The first-order chi connectivity index (χ1) is 25.3. The molecular weight excluding hydrogens is 621 g/mol. The van der Waals surface area contributed by atoms with Crippen LogP contribution in [0.3, 0.4) is 0 Å². The molecule has 238 valence electrons. The van der Waals surface area contributed by atoms with Gasteiger partial charge < -0.3 is 4.42 Å². The van der Waals surface area contributed by atoms with Crippen LogP contribution in [0.15, 0.2) is 186 Å². The van der Waals surface area contributed by atoms with Gasteiger partial charge in [0.15, 0.2) is 5.82 Å². The molecule has 3 nitrogen and oxygen atoms in total. The van der Waals surface area contributed by atoms with Crippen molar-refractivity contribution in [2.75, 3.05) is 0 Å². The summed E-state index contributed by atoms with van der Waals surface area (Å²) in [5.41, 5.74) is 12.6. The van der Waals surface area contributed by atoms with Crippen molar-refractivity contribution in [1.82, 2.24) is 9.97 Å². The largest absolute Gasteiger partial charge is 0.455 e. The van der Waals surface area contributed by atoms with E-state index in [9.17, 15) is 0 Å². The molecule has 10 rings (SSSR count). The van der Waals surface area contributed by atoms with Crippen molar-refractivity contribution in [3.05, 3.63) is 182 Å². The first-order valence-electron chi connectivity index (χ1n) is 17.2. The fourth-order valence-electron chi connectivity index (χ4n) is 7.44. The van der Waals surface area contributed by atoms with E-state index in [2.05, 4.69) is 164 Å². The number of fused-ring (bicyclic) bond motifs is 6. The summed E-state index contributed by atoms with van der Waals surface area (Å²) in [5, 5.41) is 5.57. The topological polar surface area (TPSA) is 38.9 Å². The van der Waals surface area contributed by atoms with Crippen LogP contribution in [0.25, 0.3) is 99.6 Å². The van der Waals surface area contributed by atoms with Gasteiger partial charge in [-0.1, -0.05) is 158 Å². The Morgan fingerprint density at radius 1 is 0.373 bits per heavy atom. The highest BCUT2D eigenvalue weighted by atomic mass is 16.3. The number of rotatable bonds is 5. The van der Waals surface area contributed by atoms with Crippen molar-refractivity contribution in [1.29, 1.82) is 0 Å². The van der Waals surface area contributed by atoms with Gasteiger partial charge in [0.1, 0.15) is 11.2 Å². The van der Waals surface area contributed by atoms with Crippen LogP contribution in [0.1, 0.15) is 0 Å². The maximum absolute atomic E-state index is 6.48. The molecule has 2 heterocycles. The summed E-state index contributed by atoms with van der Waals surface area (Å²) < 4.78 is 6.48. The molecule has 0 N–H and O–H groups in total. The molecule has 0 bridgehead atoms. The first kappa shape index (κ1) is 29.1. The number of hydrogen-bond donors (Lipinski definition) is 0. The highest BCUT2D eigenvalue weighted by Crippen LogP contribution is 2.40. The molecule has 0 radical (unpaired) electrons. The molecule has 0 amide bonds. The van der Waals surface area contributed by atoms with E-state index >= 15 is 0 Å². The second-order valence-corrected chi connectivity index (χ2v) is 12.9. The molecule has 0 atom stereocenters. The zero-order valence-electron chi connectivity index (χ0n) is 27.6. The number of benzene rings is 8. The molecule has 3 heteroatoms. The van der Waals surface area contributed by atoms with Crippen molar-refractivity contribution in [2.45, 2.75) is 0 Å². The highest BCUT2D eigenvalue weighted by Gasteiger charge is 2.17. The lowest BCUT2D eigenvalue weighted by molar-refractivity contribution is 0.673. The van der Waals surface area contributed by atoms with Gasteiger partial charge in [-0.25, -0.2) is 9.97 Å². The summed E-state index contributed by atoms with van der Waals surface area (Å²) in [6.45, 7) is 0. The summed E-state index contributed by atoms with van der Waals surface area (Å²) in [5.74, 6) is 0.700. The van der Waals surface area contributed by atoms with Gasteiger partial charge in [0, 0.05) is 32.7 Å². The molecule has 0 aliphatic rings. The zero-order chi connectivity index (χ0) is 33.7. The fourth-order valence-corrected chi connectivity index (χ4v) is 7.44. The third kappa shape index (κ3) is 4.98. The fraction of sp³-hybridized carbons (Fsp3) is 0. The number of nitrogens with zero attached hydrogens (tertiary/aromatic N) is 2. The molecule has 0 saturated heterocycles. The SMILES string of the molecule is c1ccc(-c2ccc(-c3nc(-c4ccc(-c5cccc6ccc7c8ccccc8oc7c56)cc4)c4ccccc4n3)cc2-c2ccccc2)cc1. The van der Waals surface area contributed by atoms with Crippen LogP contribution in [0.4, 0.5) is 0 Å². The van der Waals surface area contributed by atoms with E-state index in [1.54, 1.807) is 0 Å². The van der Waals surface area contributed by atoms with E-state index in [4.69, 9.17) is 14.4 Å². The monoisotopic (exact) mass is 650 g/mol. The molecule has 0 spiro atoms. The van der Waals surface area contributed by atoms with E-state index < -0.39 is 0 Å². The van der Waals surface area contributed by atoms with Gasteiger partial charge in [-0.2, -0.15) is 0 Å². The lowest BCUT2D eigenvalue weighted by atomic mass is 9.92. The van der Waals surface area contributed by atoms with E-state index in [0.717, 1.165) is 82.7 Å².